The fourth-order valence-corrected chi connectivity index (χ4v) is 2.82. The van der Waals surface area contributed by atoms with Crippen LogP contribution in [0.15, 0.2) is 54.7 Å². The summed E-state index contributed by atoms with van der Waals surface area (Å²) in [6, 6.07) is 14.1. The molecule has 3 aromatic rings. The highest BCUT2D eigenvalue weighted by Gasteiger charge is 2.15. The number of rotatable bonds is 5. The summed E-state index contributed by atoms with van der Waals surface area (Å²) in [4.78, 5) is 15.3. The SMILES string of the molecule is O=C(Nc1ccccc1Cl)N[C@H](CO)Cc1c[nH]c2ccccc12. The Kier molecular flexibility index (Phi) is 5.03. The molecule has 4 N–H and O–H groups in total. The molecule has 24 heavy (non-hydrogen) atoms. The molecule has 3 rings (SSSR count). The van der Waals surface area contributed by atoms with Crippen molar-refractivity contribution in [1.29, 1.82) is 0 Å². The number of aromatic amines is 1. The van der Waals surface area contributed by atoms with E-state index in [1.54, 1.807) is 24.3 Å². The van der Waals surface area contributed by atoms with Gasteiger partial charge < -0.3 is 20.7 Å². The van der Waals surface area contributed by atoms with Crippen LogP contribution in [0.25, 0.3) is 10.9 Å². The Hall–Kier alpha value is -2.50. The van der Waals surface area contributed by atoms with Crippen LogP contribution in [0, 0.1) is 0 Å². The van der Waals surface area contributed by atoms with Gasteiger partial charge in [-0.25, -0.2) is 4.79 Å². The van der Waals surface area contributed by atoms with Gasteiger partial charge in [0.1, 0.15) is 0 Å². The fraction of sp³-hybridized carbons (Fsp3) is 0.167. The summed E-state index contributed by atoms with van der Waals surface area (Å²) in [5, 5.41) is 16.6. The number of aromatic nitrogens is 1. The van der Waals surface area contributed by atoms with Crippen molar-refractivity contribution in [2.45, 2.75) is 12.5 Å². The molecule has 0 unspecified atom stereocenters. The van der Waals surface area contributed by atoms with Gasteiger partial charge in [-0.1, -0.05) is 41.9 Å². The van der Waals surface area contributed by atoms with Crippen molar-refractivity contribution in [3.8, 4) is 0 Å². The Morgan fingerprint density at radius 1 is 1.17 bits per heavy atom. The van der Waals surface area contributed by atoms with Gasteiger partial charge in [0.15, 0.2) is 0 Å². The standard InChI is InChI=1S/C18H18ClN3O2/c19-15-6-2-4-8-17(15)22-18(24)21-13(11-23)9-12-10-20-16-7-3-1-5-14(12)16/h1-8,10,13,20,23H,9,11H2,(H2,21,22,24)/t13-/m0/s1. The van der Waals surface area contributed by atoms with Gasteiger partial charge in [0, 0.05) is 17.1 Å². The van der Waals surface area contributed by atoms with E-state index < -0.39 is 12.1 Å². The first-order valence-electron chi connectivity index (χ1n) is 7.65. The number of urea groups is 1. The van der Waals surface area contributed by atoms with Crippen LogP contribution in [0.5, 0.6) is 0 Å². The van der Waals surface area contributed by atoms with Gasteiger partial charge in [0.25, 0.3) is 0 Å². The van der Waals surface area contributed by atoms with E-state index in [0.29, 0.717) is 17.1 Å². The average molecular weight is 344 g/mol. The minimum Gasteiger partial charge on any atom is -0.394 e. The number of para-hydroxylation sites is 2. The molecular formula is C18H18ClN3O2. The van der Waals surface area contributed by atoms with Crippen LogP contribution in [-0.2, 0) is 6.42 Å². The van der Waals surface area contributed by atoms with Gasteiger partial charge in [0.2, 0.25) is 0 Å². The molecule has 0 bridgehead atoms. The second kappa shape index (κ2) is 7.38. The minimum atomic E-state index is -0.401. The van der Waals surface area contributed by atoms with Crippen molar-refractivity contribution >= 4 is 34.2 Å². The second-order valence-electron chi connectivity index (χ2n) is 5.52. The number of aliphatic hydroxyl groups is 1. The van der Waals surface area contributed by atoms with Gasteiger partial charge in [-0.3, -0.25) is 0 Å². The van der Waals surface area contributed by atoms with Crippen molar-refractivity contribution in [1.82, 2.24) is 10.3 Å². The van der Waals surface area contributed by atoms with E-state index in [2.05, 4.69) is 15.6 Å². The Balaban J connectivity index is 1.66. The topological polar surface area (TPSA) is 77.2 Å². The summed E-state index contributed by atoms with van der Waals surface area (Å²) in [7, 11) is 0. The first kappa shape index (κ1) is 16.4. The number of anilines is 1. The number of carbonyl (C=O) groups excluding carboxylic acids is 1. The highest BCUT2D eigenvalue weighted by Crippen LogP contribution is 2.21. The van der Waals surface area contributed by atoms with E-state index >= 15 is 0 Å². The largest absolute Gasteiger partial charge is 0.394 e. The molecule has 0 aliphatic rings. The van der Waals surface area contributed by atoms with Crippen molar-refractivity contribution in [2.75, 3.05) is 11.9 Å². The van der Waals surface area contributed by atoms with Crippen molar-refractivity contribution < 1.29 is 9.90 Å². The summed E-state index contributed by atoms with van der Waals surface area (Å²) in [6.45, 7) is -0.157. The number of hydrogen-bond donors (Lipinski definition) is 4. The van der Waals surface area contributed by atoms with E-state index in [9.17, 15) is 9.90 Å². The molecular weight excluding hydrogens is 326 g/mol. The molecule has 124 valence electrons. The zero-order chi connectivity index (χ0) is 16.9. The molecule has 0 fully saturated rings. The second-order valence-corrected chi connectivity index (χ2v) is 5.93. The molecule has 2 amide bonds. The molecule has 0 saturated carbocycles. The Morgan fingerprint density at radius 3 is 2.71 bits per heavy atom. The van der Waals surface area contributed by atoms with Gasteiger partial charge in [-0.05, 0) is 30.2 Å². The van der Waals surface area contributed by atoms with E-state index in [0.717, 1.165) is 16.5 Å². The summed E-state index contributed by atoms with van der Waals surface area (Å²) >= 11 is 6.02. The number of H-pyrrole nitrogens is 1. The maximum absolute atomic E-state index is 12.1. The van der Waals surface area contributed by atoms with Gasteiger partial charge in [-0.2, -0.15) is 0 Å². The predicted octanol–water partition coefficient (Wildman–Crippen LogP) is 3.55. The maximum atomic E-state index is 12.1. The molecule has 0 aliphatic heterocycles. The third-order valence-corrected chi connectivity index (χ3v) is 4.15. The maximum Gasteiger partial charge on any atom is 0.319 e. The summed E-state index contributed by atoms with van der Waals surface area (Å²) in [5.74, 6) is 0. The molecule has 0 spiro atoms. The normalized spacial score (nSPS) is 12.1. The van der Waals surface area contributed by atoms with Crippen molar-refractivity contribution in [3.05, 3.63) is 65.3 Å². The minimum absolute atomic E-state index is 0.157. The number of amides is 2. The zero-order valence-corrected chi connectivity index (χ0v) is 13.7. The average Bonchev–Trinajstić information content (AvgIpc) is 2.99. The molecule has 0 radical (unpaired) electrons. The number of fused-ring (bicyclic) bond motifs is 1. The lowest BCUT2D eigenvalue weighted by Crippen LogP contribution is -2.41. The summed E-state index contributed by atoms with van der Waals surface area (Å²) in [5.41, 5.74) is 2.60. The van der Waals surface area contributed by atoms with E-state index in [1.165, 1.54) is 0 Å². The summed E-state index contributed by atoms with van der Waals surface area (Å²) in [6.07, 6.45) is 2.43. The number of nitrogens with one attached hydrogen (secondary N) is 3. The smallest absolute Gasteiger partial charge is 0.319 e. The molecule has 1 aromatic heterocycles. The van der Waals surface area contributed by atoms with Crippen LogP contribution in [0.1, 0.15) is 5.56 Å². The first-order valence-corrected chi connectivity index (χ1v) is 8.03. The highest BCUT2D eigenvalue weighted by molar-refractivity contribution is 6.33. The number of benzene rings is 2. The Labute approximate surface area is 144 Å². The fourth-order valence-electron chi connectivity index (χ4n) is 2.63. The quantitative estimate of drug-likeness (QED) is 0.572. The van der Waals surface area contributed by atoms with Crippen LogP contribution < -0.4 is 10.6 Å². The van der Waals surface area contributed by atoms with Crippen molar-refractivity contribution in [3.63, 3.8) is 0 Å². The van der Waals surface area contributed by atoms with Crippen LogP contribution >= 0.6 is 11.6 Å². The van der Waals surface area contributed by atoms with E-state index in [4.69, 9.17) is 11.6 Å². The van der Waals surface area contributed by atoms with E-state index in [-0.39, 0.29) is 6.61 Å². The highest BCUT2D eigenvalue weighted by atomic mass is 35.5. The number of halogens is 1. The van der Waals surface area contributed by atoms with Crippen LogP contribution in [-0.4, -0.2) is 28.8 Å². The number of hydrogen-bond acceptors (Lipinski definition) is 2. The Bertz CT molecular complexity index is 847. The lowest BCUT2D eigenvalue weighted by molar-refractivity contribution is 0.224. The Morgan fingerprint density at radius 2 is 1.92 bits per heavy atom. The lowest BCUT2D eigenvalue weighted by atomic mass is 10.1. The monoisotopic (exact) mass is 343 g/mol. The lowest BCUT2D eigenvalue weighted by Gasteiger charge is -2.17. The third-order valence-electron chi connectivity index (χ3n) is 3.82. The zero-order valence-electron chi connectivity index (χ0n) is 12.9. The van der Waals surface area contributed by atoms with Gasteiger partial charge >= 0.3 is 6.03 Å². The molecule has 0 aliphatic carbocycles. The number of aliphatic hydroxyl groups excluding tert-OH is 1. The van der Waals surface area contributed by atoms with Gasteiger partial charge in [0.05, 0.1) is 23.4 Å². The molecule has 6 heteroatoms. The van der Waals surface area contributed by atoms with Crippen LogP contribution in [0.3, 0.4) is 0 Å². The predicted molar refractivity (Wildman–Crippen MR) is 96.5 cm³/mol. The van der Waals surface area contributed by atoms with Gasteiger partial charge in [-0.15, -0.1) is 0 Å². The van der Waals surface area contributed by atoms with Crippen LogP contribution in [0.2, 0.25) is 5.02 Å². The summed E-state index contributed by atoms with van der Waals surface area (Å²) < 4.78 is 0. The number of carbonyl (C=O) groups is 1. The molecule has 1 heterocycles. The third kappa shape index (κ3) is 3.69. The molecule has 5 nitrogen and oxygen atoms in total. The van der Waals surface area contributed by atoms with Crippen molar-refractivity contribution in [2.24, 2.45) is 0 Å². The first-order chi connectivity index (χ1) is 11.7. The van der Waals surface area contributed by atoms with E-state index in [1.807, 2.05) is 30.5 Å². The molecule has 0 saturated heterocycles. The molecule has 1 atom stereocenters. The van der Waals surface area contributed by atoms with Crippen LogP contribution in [0.4, 0.5) is 10.5 Å². The molecule has 2 aromatic carbocycles.